The molecule has 0 N–H and O–H groups in total. The lowest BCUT2D eigenvalue weighted by Gasteiger charge is -2.29. The van der Waals surface area contributed by atoms with Crippen molar-refractivity contribution >= 4 is 11.6 Å². The van der Waals surface area contributed by atoms with Gasteiger partial charge in [0.2, 0.25) is 0 Å². The molecule has 1 aliphatic rings. The van der Waals surface area contributed by atoms with Gasteiger partial charge < -0.3 is 4.74 Å². The predicted octanol–water partition coefficient (Wildman–Crippen LogP) is 5.07. The van der Waals surface area contributed by atoms with Crippen molar-refractivity contribution in [3.05, 3.63) is 29.3 Å². The zero-order chi connectivity index (χ0) is 13.6. The van der Waals surface area contributed by atoms with E-state index in [0.717, 1.165) is 18.8 Å². The van der Waals surface area contributed by atoms with Crippen LogP contribution in [0.15, 0.2) is 18.2 Å². The van der Waals surface area contributed by atoms with Gasteiger partial charge in [0, 0.05) is 11.0 Å². The molecule has 0 saturated heterocycles. The van der Waals surface area contributed by atoms with Crippen molar-refractivity contribution in [3.8, 4) is 5.75 Å². The largest absolute Gasteiger partial charge is 0.492 e. The fourth-order valence-corrected chi connectivity index (χ4v) is 2.62. The van der Waals surface area contributed by atoms with Gasteiger partial charge in [-0.1, -0.05) is 40.7 Å². The number of hydrogen-bond donors (Lipinski definition) is 0. The standard InChI is InChI=1S/C16H23ClO/c1-6-15(2,3)14(17)11-7-8-13-12(9-11)16(4,5)10-18-13/h7-9,14H,6,10H2,1-5H3. The minimum Gasteiger partial charge on any atom is -0.492 e. The number of fused-ring (bicyclic) bond motifs is 1. The van der Waals surface area contributed by atoms with Gasteiger partial charge in [-0.05, 0) is 29.5 Å². The first-order chi connectivity index (χ1) is 8.28. The Bertz CT molecular complexity index is 448. The molecule has 2 rings (SSSR count). The average molecular weight is 267 g/mol. The van der Waals surface area contributed by atoms with Crippen molar-refractivity contribution in [1.29, 1.82) is 0 Å². The zero-order valence-electron chi connectivity index (χ0n) is 12.0. The van der Waals surface area contributed by atoms with Gasteiger partial charge in [0.1, 0.15) is 5.75 Å². The minimum atomic E-state index is 0.0456. The van der Waals surface area contributed by atoms with Gasteiger partial charge in [-0.2, -0.15) is 0 Å². The third kappa shape index (κ3) is 2.25. The summed E-state index contributed by atoms with van der Waals surface area (Å²) in [7, 11) is 0. The molecule has 1 atom stereocenters. The predicted molar refractivity (Wildman–Crippen MR) is 77.6 cm³/mol. The molecule has 1 nitrogen and oxygen atoms in total. The van der Waals surface area contributed by atoms with Crippen LogP contribution in [0, 0.1) is 5.41 Å². The third-order valence-corrected chi connectivity index (χ3v) is 5.05. The maximum atomic E-state index is 6.65. The van der Waals surface area contributed by atoms with E-state index in [9.17, 15) is 0 Å². The fourth-order valence-electron chi connectivity index (χ4n) is 2.33. The number of halogens is 1. The smallest absolute Gasteiger partial charge is 0.123 e. The first-order valence-corrected chi connectivity index (χ1v) is 7.13. The lowest BCUT2D eigenvalue weighted by atomic mass is 9.80. The number of benzene rings is 1. The van der Waals surface area contributed by atoms with Gasteiger partial charge >= 0.3 is 0 Å². The molecule has 2 heteroatoms. The first-order valence-electron chi connectivity index (χ1n) is 6.69. The molecule has 0 fully saturated rings. The van der Waals surface area contributed by atoms with Gasteiger partial charge in [-0.3, -0.25) is 0 Å². The first kappa shape index (κ1) is 13.7. The van der Waals surface area contributed by atoms with Gasteiger partial charge in [0.25, 0.3) is 0 Å². The van der Waals surface area contributed by atoms with Crippen molar-refractivity contribution in [2.24, 2.45) is 5.41 Å². The quantitative estimate of drug-likeness (QED) is 0.694. The van der Waals surface area contributed by atoms with Crippen LogP contribution >= 0.6 is 11.6 Å². The molecule has 100 valence electrons. The summed E-state index contributed by atoms with van der Waals surface area (Å²) in [4.78, 5) is 0. The zero-order valence-corrected chi connectivity index (χ0v) is 12.8. The van der Waals surface area contributed by atoms with Crippen molar-refractivity contribution in [2.45, 2.75) is 51.8 Å². The van der Waals surface area contributed by atoms with E-state index >= 15 is 0 Å². The molecule has 1 aliphatic heterocycles. The van der Waals surface area contributed by atoms with Gasteiger partial charge in [-0.15, -0.1) is 11.6 Å². The number of ether oxygens (including phenoxy) is 1. The highest BCUT2D eigenvalue weighted by molar-refractivity contribution is 6.21. The highest BCUT2D eigenvalue weighted by atomic mass is 35.5. The van der Waals surface area contributed by atoms with Crippen molar-refractivity contribution in [2.75, 3.05) is 6.61 Å². The lowest BCUT2D eigenvalue weighted by Crippen LogP contribution is -2.20. The van der Waals surface area contributed by atoms with Crippen LogP contribution in [0.5, 0.6) is 5.75 Å². The molecule has 0 amide bonds. The molecule has 0 saturated carbocycles. The van der Waals surface area contributed by atoms with E-state index in [2.05, 4.69) is 52.8 Å². The van der Waals surface area contributed by atoms with E-state index < -0.39 is 0 Å². The SMILES string of the molecule is CCC(C)(C)C(Cl)c1ccc2c(c1)C(C)(C)CO2. The number of rotatable bonds is 3. The van der Waals surface area contributed by atoms with Crippen LogP contribution in [0.4, 0.5) is 0 Å². The van der Waals surface area contributed by atoms with Gasteiger partial charge in [0.05, 0.1) is 12.0 Å². The van der Waals surface area contributed by atoms with E-state index in [1.54, 1.807) is 0 Å². The molecular formula is C16H23ClO. The Morgan fingerprint density at radius 3 is 2.67 bits per heavy atom. The molecular weight excluding hydrogens is 244 g/mol. The molecule has 0 aromatic heterocycles. The van der Waals surface area contributed by atoms with Gasteiger partial charge in [0.15, 0.2) is 0 Å². The van der Waals surface area contributed by atoms with Crippen LogP contribution in [-0.4, -0.2) is 6.61 Å². The van der Waals surface area contributed by atoms with Crippen LogP contribution in [0.3, 0.4) is 0 Å². The van der Waals surface area contributed by atoms with Crippen LogP contribution in [0.25, 0.3) is 0 Å². The summed E-state index contributed by atoms with van der Waals surface area (Å²) in [6.45, 7) is 11.8. The van der Waals surface area contributed by atoms with E-state index in [0.29, 0.717) is 0 Å². The molecule has 1 aromatic rings. The van der Waals surface area contributed by atoms with Crippen molar-refractivity contribution < 1.29 is 4.74 Å². The van der Waals surface area contributed by atoms with E-state index in [1.165, 1.54) is 11.1 Å². The van der Waals surface area contributed by atoms with Crippen LogP contribution in [0.1, 0.15) is 57.5 Å². The average Bonchev–Trinajstić information content (AvgIpc) is 2.64. The van der Waals surface area contributed by atoms with E-state index in [-0.39, 0.29) is 16.2 Å². The Balaban J connectivity index is 2.38. The fraction of sp³-hybridized carbons (Fsp3) is 0.625. The molecule has 1 aromatic carbocycles. The number of alkyl halides is 1. The Labute approximate surface area is 115 Å². The molecule has 0 bridgehead atoms. The summed E-state index contributed by atoms with van der Waals surface area (Å²) in [5, 5.41) is 0.0456. The summed E-state index contributed by atoms with van der Waals surface area (Å²) >= 11 is 6.65. The molecule has 1 heterocycles. The monoisotopic (exact) mass is 266 g/mol. The molecule has 0 spiro atoms. The Morgan fingerprint density at radius 1 is 1.39 bits per heavy atom. The van der Waals surface area contributed by atoms with Crippen molar-refractivity contribution in [3.63, 3.8) is 0 Å². The highest BCUT2D eigenvalue weighted by Crippen LogP contribution is 2.45. The normalized spacial score (nSPS) is 19.2. The second kappa shape index (κ2) is 4.45. The Morgan fingerprint density at radius 2 is 2.06 bits per heavy atom. The van der Waals surface area contributed by atoms with E-state index in [4.69, 9.17) is 16.3 Å². The summed E-state index contributed by atoms with van der Waals surface area (Å²) in [6.07, 6.45) is 1.07. The molecule has 0 radical (unpaired) electrons. The van der Waals surface area contributed by atoms with Crippen LogP contribution < -0.4 is 4.74 Å². The topological polar surface area (TPSA) is 9.23 Å². The second-order valence-electron chi connectivity index (χ2n) is 6.63. The Kier molecular flexibility index (Phi) is 3.40. The van der Waals surface area contributed by atoms with Crippen LogP contribution in [-0.2, 0) is 5.41 Å². The maximum Gasteiger partial charge on any atom is 0.123 e. The highest BCUT2D eigenvalue weighted by Gasteiger charge is 2.34. The second-order valence-corrected chi connectivity index (χ2v) is 7.07. The Hall–Kier alpha value is -0.690. The van der Waals surface area contributed by atoms with E-state index in [1.807, 2.05) is 0 Å². The molecule has 0 aliphatic carbocycles. The van der Waals surface area contributed by atoms with Crippen molar-refractivity contribution in [1.82, 2.24) is 0 Å². The van der Waals surface area contributed by atoms with Crippen LogP contribution in [0.2, 0.25) is 0 Å². The summed E-state index contributed by atoms with van der Waals surface area (Å²) in [5.74, 6) is 1.02. The maximum absolute atomic E-state index is 6.65. The lowest BCUT2D eigenvalue weighted by molar-refractivity contribution is 0.291. The minimum absolute atomic E-state index is 0.0456. The number of hydrogen-bond acceptors (Lipinski definition) is 1. The summed E-state index contributed by atoms with van der Waals surface area (Å²) in [6, 6.07) is 6.41. The third-order valence-electron chi connectivity index (χ3n) is 4.21. The summed E-state index contributed by atoms with van der Waals surface area (Å²) < 4.78 is 5.72. The summed E-state index contributed by atoms with van der Waals surface area (Å²) in [5.41, 5.74) is 2.70. The molecule has 1 unspecified atom stereocenters. The molecule has 18 heavy (non-hydrogen) atoms. The van der Waals surface area contributed by atoms with Gasteiger partial charge in [-0.25, -0.2) is 0 Å².